The van der Waals surface area contributed by atoms with Crippen LogP contribution in [-0.4, -0.2) is 96.7 Å². The van der Waals surface area contributed by atoms with Crippen molar-refractivity contribution in [2.45, 2.75) is 496 Å². The molecule has 0 saturated carbocycles. The Balaban J connectivity index is 5.25. The van der Waals surface area contributed by atoms with Crippen molar-refractivity contribution in [3.05, 3.63) is 0 Å². The van der Waals surface area contributed by atoms with Gasteiger partial charge in [-0.1, -0.05) is 427 Å². The lowest BCUT2D eigenvalue weighted by molar-refractivity contribution is -0.161. The zero-order valence-corrected chi connectivity index (χ0v) is 73.0. The molecule has 108 heavy (non-hydrogen) atoms. The molecule has 5 atom stereocenters. The van der Waals surface area contributed by atoms with E-state index in [-0.39, 0.29) is 25.7 Å². The summed E-state index contributed by atoms with van der Waals surface area (Å²) in [5.41, 5.74) is 0. The lowest BCUT2D eigenvalue weighted by Gasteiger charge is -2.21. The molecule has 19 heteroatoms. The molecular weight excluding hydrogens is 1400 g/mol. The smallest absolute Gasteiger partial charge is 0.462 e. The van der Waals surface area contributed by atoms with Crippen molar-refractivity contribution in [2.75, 3.05) is 39.6 Å². The molecule has 0 spiro atoms. The first-order valence-electron chi connectivity index (χ1n) is 46.0. The topological polar surface area (TPSA) is 237 Å². The number of esters is 4. The fourth-order valence-corrected chi connectivity index (χ4v) is 15.5. The van der Waals surface area contributed by atoms with E-state index in [1.165, 1.54) is 295 Å². The number of unbranched alkanes of at least 4 members (excludes halogenated alkanes) is 58. The van der Waals surface area contributed by atoms with Crippen molar-refractivity contribution in [1.82, 2.24) is 0 Å². The molecular formula is C89H174O17P2. The van der Waals surface area contributed by atoms with E-state index in [0.29, 0.717) is 25.7 Å². The zero-order valence-electron chi connectivity index (χ0n) is 71.2. The molecule has 0 amide bonds. The van der Waals surface area contributed by atoms with Gasteiger partial charge in [0.1, 0.15) is 19.3 Å². The molecule has 0 fully saturated rings. The maximum absolute atomic E-state index is 13.2. The van der Waals surface area contributed by atoms with Gasteiger partial charge in [-0.25, -0.2) is 9.13 Å². The molecule has 0 aliphatic rings. The highest BCUT2D eigenvalue weighted by Crippen LogP contribution is 2.45. The molecule has 0 radical (unpaired) electrons. The molecule has 3 N–H and O–H groups in total. The van der Waals surface area contributed by atoms with Gasteiger partial charge in [-0.3, -0.25) is 37.3 Å². The van der Waals surface area contributed by atoms with Crippen LogP contribution in [0.1, 0.15) is 478 Å². The molecule has 17 nitrogen and oxygen atoms in total. The van der Waals surface area contributed by atoms with Gasteiger partial charge in [0.2, 0.25) is 0 Å². The van der Waals surface area contributed by atoms with Crippen molar-refractivity contribution in [3.8, 4) is 0 Å². The predicted octanol–water partition coefficient (Wildman–Crippen LogP) is 27.4. The van der Waals surface area contributed by atoms with Crippen molar-refractivity contribution < 1.29 is 80.2 Å². The monoisotopic (exact) mass is 1580 g/mol. The molecule has 0 rings (SSSR count). The minimum Gasteiger partial charge on any atom is -0.462 e. The third-order valence-electron chi connectivity index (χ3n) is 21.0. The highest BCUT2D eigenvalue weighted by atomic mass is 31.2. The first-order chi connectivity index (χ1) is 52.4. The number of aliphatic hydroxyl groups excluding tert-OH is 1. The van der Waals surface area contributed by atoms with Gasteiger partial charge in [-0.05, 0) is 37.5 Å². The van der Waals surface area contributed by atoms with E-state index in [0.717, 1.165) is 102 Å². The summed E-state index contributed by atoms with van der Waals surface area (Å²) >= 11 is 0. The minimum atomic E-state index is -4.97. The summed E-state index contributed by atoms with van der Waals surface area (Å²) in [6.07, 6.45) is 73.7. The van der Waals surface area contributed by atoms with Crippen molar-refractivity contribution >= 4 is 39.5 Å². The number of aliphatic hydroxyl groups is 1. The van der Waals surface area contributed by atoms with Crippen LogP contribution in [0.15, 0.2) is 0 Å². The van der Waals surface area contributed by atoms with E-state index >= 15 is 0 Å². The number of phosphoric ester groups is 2. The van der Waals surface area contributed by atoms with E-state index in [9.17, 15) is 43.2 Å². The number of phosphoric acid groups is 2. The highest BCUT2D eigenvalue weighted by molar-refractivity contribution is 7.47. The second-order valence-electron chi connectivity index (χ2n) is 32.9. The highest BCUT2D eigenvalue weighted by Gasteiger charge is 2.31. The first kappa shape index (κ1) is 106. The summed E-state index contributed by atoms with van der Waals surface area (Å²) in [5.74, 6) is -0.559. The van der Waals surface area contributed by atoms with E-state index in [4.69, 9.17) is 37.0 Å². The van der Waals surface area contributed by atoms with Gasteiger partial charge in [0, 0.05) is 25.7 Å². The molecule has 0 bridgehead atoms. The van der Waals surface area contributed by atoms with Crippen LogP contribution in [0.2, 0.25) is 0 Å². The van der Waals surface area contributed by atoms with Gasteiger partial charge >= 0.3 is 39.5 Å². The Morgan fingerprint density at radius 1 is 0.250 bits per heavy atom. The SMILES string of the molecule is CCCCCCCCCCCCCCCCCCCCCCC(=O)O[C@H](COC(=O)CCCCCCCCCCCCCCCCCCCCC)COP(=O)(O)OC[C@@H](O)COP(=O)(O)OC[C@@H](COC(=O)CCCCCCCCCCCC(C)C)OC(=O)CCCCCCCCCCCCCCCCC(C)C. The van der Waals surface area contributed by atoms with Gasteiger partial charge in [-0.2, -0.15) is 0 Å². The Kier molecular flexibility index (Phi) is 78.8. The van der Waals surface area contributed by atoms with Crippen LogP contribution in [0.5, 0.6) is 0 Å². The molecule has 0 aromatic heterocycles. The Bertz CT molecular complexity index is 2060. The summed E-state index contributed by atoms with van der Waals surface area (Å²) in [6, 6.07) is 0. The normalized spacial score (nSPS) is 13.8. The quantitative estimate of drug-likeness (QED) is 0.0222. The summed E-state index contributed by atoms with van der Waals surface area (Å²) < 4.78 is 69.0. The molecule has 0 saturated heterocycles. The summed E-state index contributed by atoms with van der Waals surface area (Å²) in [7, 11) is -9.93. The summed E-state index contributed by atoms with van der Waals surface area (Å²) in [5, 5.41) is 10.7. The van der Waals surface area contributed by atoms with Gasteiger partial charge in [0.05, 0.1) is 26.4 Å². The standard InChI is InChI=1S/C89H174O17P2/c1-7-9-11-13-15-17-19-21-23-25-27-29-31-33-38-42-48-55-61-67-73-88(93)105-84(77-99-86(91)71-65-59-53-47-41-37-32-30-28-26-24-22-20-18-16-14-12-10-8-2)79-103-107(95,96)101-75-83(90)76-102-108(97,98)104-80-85(78-100-87(92)72-66-60-54-50-44-46-52-58-64-70-82(5)6)106-89(94)74-68-62-56-49-43-39-35-34-36-40-45-51-57-63-69-81(3)4/h81-85,90H,7-80H2,1-6H3,(H,95,96)(H,97,98)/t83-,84-,85-/m1/s1. The lowest BCUT2D eigenvalue weighted by atomic mass is 10.0. The van der Waals surface area contributed by atoms with Crippen molar-refractivity contribution in [1.29, 1.82) is 0 Å². The number of carbonyl (C=O) groups excluding carboxylic acids is 4. The van der Waals surface area contributed by atoms with Crippen LogP contribution in [0.25, 0.3) is 0 Å². The Labute approximate surface area is 664 Å². The number of rotatable bonds is 88. The molecule has 0 heterocycles. The number of hydrogen-bond acceptors (Lipinski definition) is 15. The van der Waals surface area contributed by atoms with Gasteiger partial charge in [-0.15, -0.1) is 0 Å². The van der Waals surface area contributed by atoms with Crippen LogP contribution in [0.3, 0.4) is 0 Å². The van der Waals surface area contributed by atoms with Gasteiger partial charge < -0.3 is 33.8 Å². The predicted molar refractivity (Wildman–Crippen MR) is 446 cm³/mol. The largest absolute Gasteiger partial charge is 0.472 e. The van der Waals surface area contributed by atoms with Crippen molar-refractivity contribution in [2.24, 2.45) is 11.8 Å². The second kappa shape index (κ2) is 80.3. The van der Waals surface area contributed by atoms with E-state index in [1.807, 2.05) is 0 Å². The van der Waals surface area contributed by atoms with Crippen LogP contribution in [0, 0.1) is 11.8 Å². The number of hydrogen-bond donors (Lipinski definition) is 3. The third-order valence-corrected chi connectivity index (χ3v) is 22.9. The first-order valence-corrected chi connectivity index (χ1v) is 49.0. The third kappa shape index (κ3) is 82.1. The van der Waals surface area contributed by atoms with Gasteiger partial charge in [0.15, 0.2) is 12.2 Å². The maximum Gasteiger partial charge on any atom is 0.472 e. The molecule has 0 aliphatic carbocycles. The Morgan fingerprint density at radius 2 is 0.426 bits per heavy atom. The maximum atomic E-state index is 13.2. The van der Waals surface area contributed by atoms with E-state index < -0.39 is 97.5 Å². The van der Waals surface area contributed by atoms with Crippen LogP contribution < -0.4 is 0 Å². The zero-order chi connectivity index (χ0) is 79.2. The fraction of sp³-hybridized carbons (Fsp3) is 0.955. The van der Waals surface area contributed by atoms with Crippen LogP contribution in [-0.2, 0) is 65.4 Å². The molecule has 2 unspecified atom stereocenters. The Hall–Kier alpha value is -1.94. The second-order valence-corrected chi connectivity index (χ2v) is 35.8. The molecule has 0 aliphatic heterocycles. The average molecular weight is 1580 g/mol. The van der Waals surface area contributed by atoms with Crippen LogP contribution >= 0.6 is 15.6 Å². The van der Waals surface area contributed by atoms with Crippen LogP contribution in [0.4, 0.5) is 0 Å². The number of ether oxygens (including phenoxy) is 4. The fourth-order valence-electron chi connectivity index (χ4n) is 14.0. The lowest BCUT2D eigenvalue weighted by Crippen LogP contribution is -2.30. The van der Waals surface area contributed by atoms with Gasteiger partial charge in [0.25, 0.3) is 0 Å². The number of carbonyl (C=O) groups is 4. The molecule has 0 aromatic rings. The minimum absolute atomic E-state index is 0.108. The summed E-state index contributed by atoms with van der Waals surface area (Å²) in [6.45, 7) is 9.70. The van der Waals surface area contributed by atoms with E-state index in [2.05, 4.69) is 41.5 Å². The van der Waals surface area contributed by atoms with E-state index in [1.54, 1.807) is 0 Å². The average Bonchev–Trinajstić information content (AvgIpc) is 0.898. The molecule has 642 valence electrons. The molecule has 0 aromatic carbocycles. The van der Waals surface area contributed by atoms with Crippen molar-refractivity contribution in [3.63, 3.8) is 0 Å². The Morgan fingerprint density at radius 3 is 0.630 bits per heavy atom. The summed E-state index contributed by atoms with van der Waals surface area (Å²) in [4.78, 5) is 73.4.